The second-order valence-corrected chi connectivity index (χ2v) is 5.01. The molecule has 3 heteroatoms. The van der Waals surface area contributed by atoms with Gasteiger partial charge in [0.1, 0.15) is 0 Å². The molecule has 0 radical (unpaired) electrons. The molecule has 0 fully saturated rings. The summed E-state index contributed by atoms with van der Waals surface area (Å²) in [5.41, 5.74) is 3.21. The van der Waals surface area contributed by atoms with E-state index in [9.17, 15) is 9.59 Å². The molecule has 1 aliphatic carbocycles. The van der Waals surface area contributed by atoms with Gasteiger partial charge in [-0.15, -0.1) is 0 Å². The predicted octanol–water partition coefficient (Wildman–Crippen LogP) is 3.38. The number of H-pyrrole nitrogens is 1. The number of carbonyl (C=O) groups excluding carboxylic acids is 2. The van der Waals surface area contributed by atoms with E-state index in [0.717, 1.165) is 16.5 Å². The summed E-state index contributed by atoms with van der Waals surface area (Å²) < 4.78 is 0. The molecule has 0 bridgehead atoms. The SMILES string of the molecule is O=C1Cc2ccccc2C(=O)c2c1[nH]c1ccccc21.[HH]. The van der Waals surface area contributed by atoms with E-state index in [-0.39, 0.29) is 19.4 Å². The summed E-state index contributed by atoms with van der Waals surface area (Å²) in [5.74, 6) is -0.103. The molecule has 0 saturated carbocycles. The van der Waals surface area contributed by atoms with Gasteiger partial charge in [0, 0.05) is 24.3 Å². The second-order valence-electron chi connectivity index (χ2n) is 5.01. The normalized spacial score (nSPS) is 14.0. The lowest BCUT2D eigenvalue weighted by atomic mass is 9.99. The van der Waals surface area contributed by atoms with Crippen LogP contribution in [0.4, 0.5) is 0 Å². The third kappa shape index (κ3) is 1.40. The van der Waals surface area contributed by atoms with Crippen LogP contribution < -0.4 is 0 Å². The van der Waals surface area contributed by atoms with E-state index < -0.39 is 0 Å². The van der Waals surface area contributed by atoms with Crippen molar-refractivity contribution in [2.45, 2.75) is 6.42 Å². The Labute approximate surface area is 116 Å². The molecule has 1 N–H and O–H groups in total. The zero-order chi connectivity index (χ0) is 13.7. The molecule has 4 rings (SSSR count). The van der Waals surface area contributed by atoms with Gasteiger partial charge in [-0.2, -0.15) is 0 Å². The lowest BCUT2D eigenvalue weighted by Gasteiger charge is -2.03. The van der Waals surface area contributed by atoms with Crippen molar-refractivity contribution in [3.63, 3.8) is 0 Å². The number of nitrogens with one attached hydrogen (secondary N) is 1. The maximum Gasteiger partial charge on any atom is 0.196 e. The Hall–Kier alpha value is -2.68. The van der Waals surface area contributed by atoms with Crippen LogP contribution in [0.15, 0.2) is 48.5 Å². The number of Topliss-reactive ketones (excluding diaryl/α,β-unsaturated/α-hetero) is 1. The Morgan fingerprint density at radius 3 is 2.60 bits per heavy atom. The van der Waals surface area contributed by atoms with Crippen molar-refractivity contribution >= 4 is 22.5 Å². The van der Waals surface area contributed by atoms with Crippen LogP contribution in [0.1, 0.15) is 33.4 Å². The number of carbonyl (C=O) groups is 2. The van der Waals surface area contributed by atoms with Crippen molar-refractivity contribution < 1.29 is 11.0 Å². The summed E-state index contributed by atoms with van der Waals surface area (Å²) >= 11 is 0. The smallest absolute Gasteiger partial charge is 0.196 e. The van der Waals surface area contributed by atoms with Crippen molar-refractivity contribution in [2.24, 2.45) is 0 Å². The lowest BCUT2D eigenvalue weighted by molar-refractivity contribution is 0.0981. The molecule has 1 heterocycles. The second kappa shape index (κ2) is 3.90. The zero-order valence-electron chi connectivity index (χ0n) is 10.6. The number of fused-ring (bicyclic) bond motifs is 4. The molecular weight excluding hydrogens is 250 g/mol. The number of benzene rings is 2. The molecule has 3 nitrogen and oxygen atoms in total. The van der Waals surface area contributed by atoms with Gasteiger partial charge >= 0.3 is 0 Å². The van der Waals surface area contributed by atoms with Crippen molar-refractivity contribution in [3.05, 3.63) is 70.9 Å². The summed E-state index contributed by atoms with van der Waals surface area (Å²) in [4.78, 5) is 28.3. The van der Waals surface area contributed by atoms with Crippen molar-refractivity contribution in [3.8, 4) is 0 Å². The molecule has 1 aromatic heterocycles. The van der Waals surface area contributed by atoms with Gasteiger partial charge in [-0.1, -0.05) is 42.5 Å². The average Bonchev–Trinajstić information content (AvgIpc) is 2.82. The van der Waals surface area contributed by atoms with E-state index in [2.05, 4.69) is 4.98 Å². The average molecular weight is 263 g/mol. The van der Waals surface area contributed by atoms with Crippen LogP contribution in [0.3, 0.4) is 0 Å². The third-order valence-corrected chi connectivity index (χ3v) is 3.82. The fourth-order valence-corrected chi connectivity index (χ4v) is 2.88. The van der Waals surface area contributed by atoms with Gasteiger partial charge in [0.15, 0.2) is 11.6 Å². The highest BCUT2D eigenvalue weighted by Gasteiger charge is 2.29. The minimum Gasteiger partial charge on any atom is -0.351 e. The molecule has 0 saturated heterocycles. The Balaban J connectivity index is 0.00000132. The number of hydrogen-bond acceptors (Lipinski definition) is 2. The summed E-state index contributed by atoms with van der Waals surface area (Å²) in [7, 11) is 0. The van der Waals surface area contributed by atoms with E-state index in [1.807, 2.05) is 42.5 Å². The molecule has 0 spiro atoms. The number of rotatable bonds is 0. The summed E-state index contributed by atoms with van der Waals surface area (Å²) in [5, 5.41) is 0.817. The van der Waals surface area contributed by atoms with E-state index in [4.69, 9.17) is 0 Å². The van der Waals surface area contributed by atoms with E-state index in [1.165, 1.54) is 0 Å². The van der Waals surface area contributed by atoms with Gasteiger partial charge in [0.05, 0.1) is 11.3 Å². The standard InChI is InChI=1S/C17H11NO2.H2/c19-14-9-10-5-1-2-6-11(10)17(20)15-12-7-3-4-8-13(12)18-16(14)15;/h1-8,18H,9H2;1H. The highest BCUT2D eigenvalue weighted by atomic mass is 16.1. The van der Waals surface area contributed by atoms with Gasteiger partial charge in [-0.05, 0) is 11.6 Å². The molecule has 3 aromatic rings. The van der Waals surface area contributed by atoms with Gasteiger partial charge in [0.25, 0.3) is 0 Å². The highest BCUT2D eigenvalue weighted by molar-refractivity contribution is 6.24. The first kappa shape index (κ1) is 11.2. The largest absolute Gasteiger partial charge is 0.351 e. The summed E-state index contributed by atoms with van der Waals surface area (Å²) in [6.45, 7) is 0. The van der Waals surface area contributed by atoms with E-state index >= 15 is 0 Å². The quantitative estimate of drug-likeness (QED) is 0.676. The van der Waals surface area contributed by atoms with Crippen LogP contribution >= 0.6 is 0 Å². The first-order valence-corrected chi connectivity index (χ1v) is 6.52. The summed E-state index contributed by atoms with van der Waals surface area (Å²) in [6, 6.07) is 14.9. The molecule has 0 unspecified atom stereocenters. The third-order valence-electron chi connectivity index (χ3n) is 3.82. The Bertz CT molecular complexity index is 879. The van der Waals surface area contributed by atoms with Crippen LogP contribution in [0, 0.1) is 0 Å². The molecule has 1 aliphatic rings. The minimum absolute atomic E-state index is 0. The maximum absolute atomic E-state index is 12.8. The van der Waals surface area contributed by atoms with E-state index in [0.29, 0.717) is 16.8 Å². The Kier molecular flexibility index (Phi) is 2.18. The highest BCUT2D eigenvalue weighted by Crippen LogP contribution is 2.30. The molecule has 0 amide bonds. The molecule has 0 aliphatic heterocycles. The minimum atomic E-state index is -0.0705. The first-order chi connectivity index (χ1) is 9.75. The molecule has 20 heavy (non-hydrogen) atoms. The lowest BCUT2D eigenvalue weighted by Crippen LogP contribution is -2.04. The van der Waals surface area contributed by atoms with Crippen molar-refractivity contribution in [1.82, 2.24) is 4.98 Å². The Morgan fingerprint density at radius 2 is 1.70 bits per heavy atom. The fraction of sp³-hybridized carbons (Fsp3) is 0.0588. The van der Waals surface area contributed by atoms with E-state index in [1.54, 1.807) is 6.07 Å². The molecule has 0 atom stereocenters. The number of ketones is 2. The predicted molar refractivity (Wildman–Crippen MR) is 78.3 cm³/mol. The van der Waals surface area contributed by atoms with Gasteiger partial charge in [0.2, 0.25) is 0 Å². The monoisotopic (exact) mass is 263 g/mol. The fourth-order valence-electron chi connectivity index (χ4n) is 2.88. The van der Waals surface area contributed by atoms with Gasteiger partial charge in [-0.25, -0.2) is 0 Å². The molecular formula is C17H13NO2. The Morgan fingerprint density at radius 1 is 0.950 bits per heavy atom. The van der Waals surface area contributed by atoms with Crippen LogP contribution in [0.25, 0.3) is 10.9 Å². The van der Waals surface area contributed by atoms with Gasteiger partial charge < -0.3 is 4.98 Å². The van der Waals surface area contributed by atoms with Crippen LogP contribution in [0.5, 0.6) is 0 Å². The molecule has 98 valence electrons. The summed E-state index contributed by atoms with van der Waals surface area (Å²) in [6.07, 6.45) is 0.266. The number of aromatic nitrogens is 1. The zero-order valence-corrected chi connectivity index (χ0v) is 10.6. The first-order valence-electron chi connectivity index (χ1n) is 6.52. The number of hydrogen-bond donors (Lipinski definition) is 1. The topological polar surface area (TPSA) is 49.9 Å². The van der Waals surface area contributed by atoms with Crippen molar-refractivity contribution in [2.75, 3.05) is 0 Å². The maximum atomic E-state index is 12.8. The number of aromatic amines is 1. The van der Waals surface area contributed by atoms with Gasteiger partial charge in [-0.3, -0.25) is 9.59 Å². The number of para-hydroxylation sites is 1. The van der Waals surface area contributed by atoms with Crippen LogP contribution in [-0.2, 0) is 6.42 Å². The molecule has 2 aromatic carbocycles. The van der Waals surface area contributed by atoms with Crippen molar-refractivity contribution in [1.29, 1.82) is 0 Å². The van der Waals surface area contributed by atoms with Crippen LogP contribution in [-0.4, -0.2) is 16.6 Å². The van der Waals surface area contributed by atoms with Crippen LogP contribution in [0.2, 0.25) is 0 Å².